The van der Waals surface area contributed by atoms with E-state index in [0.717, 1.165) is 23.8 Å². The number of ether oxygens (including phenoxy) is 1. The topological polar surface area (TPSA) is 139 Å². The lowest BCUT2D eigenvalue weighted by atomic mass is 10.2. The fourth-order valence-electron chi connectivity index (χ4n) is 3.00. The zero-order chi connectivity index (χ0) is 26.3. The number of anilines is 2. The van der Waals surface area contributed by atoms with Crippen LogP contribution in [0.2, 0.25) is 5.02 Å². The van der Waals surface area contributed by atoms with Crippen molar-refractivity contribution in [3.63, 3.8) is 0 Å². The van der Waals surface area contributed by atoms with Crippen LogP contribution in [-0.4, -0.2) is 42.7 Å². The highest BCUT2D eigenvalue weighted by Crippen LogP contribution is 2.34. The van der Waals surface area contributed by atoms with Crippen molar-refractivity contribution in [2.75, 3.05) is 10.6 Å². The average Bonchev–Trinajstić information content (AvgIpc) is 2.76. The number of amides is 2. The van der Waals surface area contributed by atoms with Crippen LogP contribution >= 0.6 is 11.6 Å². The molecule has 0 aromatic heterocycles. The second kappa shape index (κ2) is 11.9. The maximum atomic E-state index is 13.0. The molecule has 0 aliphatic rings. The Morgan fingerprint density at radius 1 is 1.06 bits per heavy atom. The molecule has 0 aliphatic heterocycles. The molecule has 11 heteroatoms. The van der Waals surface area contributed by atoms with E-state index in [0.29, 0.717) is 0 Å². The number of phenolic OH excluding ortho intramolecular Hbond substituents is 1. The number of carbonyl (C=O) groups is 3. The smallest absolute Gasteiger partial charge is 0.331 e. The summed E-state index contributed by atoms with van der Waals surface area (Å²) in [6, 6.07) is 8.42. The van der Waals surface area contributed by atoms with Gasteiger partial charge in [0, 0.05) is 18.2 Å². The molecule has 35 heavy (non-hydrogen) atoms. The van der Waals surface area contributed by atoms with Crippen molar-refractivity contribution in [3.05, 3.63) is 59.1 Å². The summed E-state index contributed by atoms with van der Waals surface area (Å²) in [7, 11) is -3.98. The number of aromatic hydroxyl groups is 1. The summed E-state index contributed by atoms with van der Waals surface area (Å²) < 4.78 is 30.8. The standard InChI is InChI=1S/C24H27ClN2O7S/c1-5-21(35(32,33)16-8-6-15(4)7-9-16)24(31)27-18-13-20(28)19(12-17(18)25)26-22(29)10-11-23(30)34-14(2)3/h6-14,21,28H,5H2,1-4H3,(H,26,29)(H,27,31)/b11-10-. The number of halogens is 1. The van der Waals surface area contributed by atoms with Crippen LogP contribution in [0.1, 0.15) is 32.8 Å². The average molecular weight is 523 g/mol. The minimum Gasteiger partial charge on any atom is -0.506 e. The normalized spacial score (nSPS) is 12.4. The van der Waals surface area contributed by atoms with Crippen molar-refractivity contribution in [3.8, 4) is 5.75 Å². The number of sulfone groups is 1. The fourth-order valence-corrected chi connectivity index (χ4v) is 4.83. The predicted molar refractivity (Wildman–Crippen MR) is 133 cm³/mol. The first-order chi connectivity index (χ1) is 16.3. The van der Waals surface area contributed by atoms with E-state index in [-0.39, 0.29) is 33.8 Å². The quantitative estimate of drug-likeness (QED) is 0.257. The van der Waals surface area contributed by atoms with Crippen LogP contribution in [0.25, 0.3) is 0 Å². The molecule has 1 unspecified atom stereocenters. The lowest BCUT2D eigenvalue weighted by Gasteiger charge is -2.17. The number of esters is 1. The van der Waals surface area contributed by atoms with Gasteiger partial charge in [0.25, 0.3) is 0 Å². The van der Waals surface area contributed by atoms with Crippen LogP contribution in [0.15, 0.2) is 53.4 Å². The maximum absolute atomic E-state index is 13.0. The highest BCUT2D eigenvalue weighted by molar-refractivity contribution is 7.92. The van der Waals surface area contributed by atoms with Gasteiger partial charge < -0.3 is 20.5 Å². The van der Waals surface area contributed by atoms with E-state index in [1.807, 2.05) is 6.92 Å². The SMILES string of the molecule is CCC(C(=O)Nc1cc(O)c(NC(=O)/C=C\C(=O)OC(C)C)cc1Cl)S(=O)(=O)c1ccc(C)cc1. The third-order valence-corrected chi connectivity index (χ3v) is 7.25. The molecule has 1 atom stereocenters. The van der Waals surface area contributed by atoms with Crippen LogP contribution in [0.5, 0.6) is 5.75 Å². The van der Waals surface area contributed by atoms with Gasteiger partial charge >= 0.3 is 5.97 Å². The Bertz CT molecular complexity index is 1240. The Balaban J connectivity index is 2.17. The van der Waals surface area contributed by atoms with Crippen molar-refractivity contribution >= 4 is 50.6 Å². The van der Waals surface area contributed by atoms with E-state index in [1.54, 1.807) is 32.9 Å². The number of carbonyl (C=O) groups excluding carboxylic acids is 3. The van der Waals surface area contributed by atoms with Gasteiger partial charge in [-0.15, -0.1) is 0 Å². The van der Waals surface area contributed by atoms with E-state index in [4.69, 9.17) is 16.3 Å². The first-order valence-electron chi connectivity index (χ1n) is 10.7. The van der Waals surface area contributed by atoms with Crippen LogP contribution in [0.4, 0.5) is 11.4 Å². The third kappa shape index (κ3) is 7.56. The number of phenols is 1. The van der Waals surface area contributed by atoms with Gasteiger partial charge in [0.1, 0.15) is 11.0 Å². The van der Waals surface area contributed by atoms with E-state index < -0.39 is 38.6 Å². The molecule has 2 amide bonds. The van der Waals surface area contributed by atoms with Gasteiger partial charge in [-0.05, 0) is 45.4 Å². The number of aryl methyl sites for hydroxylation is 1. The Labute approximate surface area is 209 Å². The number of rotatable bonds is 9. The van der Waals surface area contributed by atoms with Gasteiger partial charge in [0.05, 0.1) is 27.4 Å². The van der Waals surface area contributed by atoms with Crippen LogP contribution in [0.3, 0.4) is 0 Å². The molecular formula is C24H27ClN2O7S. The molecule has 0 saturated carbocycles. The third-order valence-electron chi connectivity index (χ3n) is 4.71. The Hall–Kier alpha value is -3.37. The molecule has 2 rings (SSSR count). The molecule has 2 aromatic rings. The van der Waals surface area contributed by atoms with Crippen molar-refractivity contribution < 1.29 is 32.6 Å². The maximum Gasteiger partial charge on any atom is 0.331 e. The zero-order valence-corrected chi connectivity index (χ0v) is 21.2. The molecular weight excluding hydrogens is 496 g/mol. The first kappa shape index (κ1) is 27.9. The molecule has 9 nitrogen and oxygen atoms in total. The molecule has 0 fully saturated rings. The minimum absolute atomic E-state index is 0.00532. The van der Waals surface area contributed by atoms with Crippen molar-refractivity contribution in [1.29, 1.82) is 0 Å². The highest BCUT2D eigenvalue weighted by atomic mass is 35.5. The van der Waals surface area contributed by atoms with Crippen LogP contribution in [-0.2, 0) is 29.0 Å². The molecule has 0 spiro atoms. The Morgan fingerprint density at radius 2 is 1.69 bits per heavy atom. The highest BCUT2D eigenvalue weighted by Gasteiger charge is 2.33. The van der Waals surface area contributed by atoms with Gasteiger partial charge in [0.2, 0.25) is 11.8 Å². The molecule has 2 aromatic carbocycles. The number of hydrogen-bond donors (Lipinski definition) is 3. The summed E-state index contributed by atoms with van der Waals surface area (Å²) in [6.45, 7) is 6.70. The molecule has 0 aliphatic carbocycles. The first-order valence-corrected chi connectivity index (χ1v) is 12.6. The van der Waals surface area contributed by atoms with Crippen LogP contribution in [0, 0.1) is 6.92 Å². The summed E-state index contributed by atoms with van der Waals surface area (Å²) >= 11 is 6.19. The fraction of sp³-hybridized carbons (Fsp3) is 0.292. The van der Waals surface area contributed by atoms with E-state index in [9.17, 15) is 27.9 Å². The molecule has 0 bridgehead atoms. The van der Waals surface area contributed by atoms with E-state index in [2.05, 4.69) is 10.6 Å². The molecule has 188 valence electrons. The van der Waals surface area contributed by atoms with Crippen LogP contribution < -0.4 is 10.6 Å². The van der Waals surface area contributed by atoms with E-state index in [1.165, 1.54) is 18.2 Å². The molecule has 0 heterocycles. The summed E-state index contributed by atoms with van der Waals surface area (Å²) in [6.07, 6.45) is 1.52. The van der Waals surface area contributed by atoms with Crippen molar-refractivity contribution in [1.82, 2.24) is 0 Å². The molecule has 0 saturated heterocycles. The Kier molecular flexibility index (Phi) is 9.44. The van der Waals surface area contributed by atoms with Gasteiger partial charge in [-0.2, -0.15) is 0 Å². The second-order valence-electron chi connectivity index (χ2n) is 7.90. The zero-order valence-electron chi connectivity index (χ0n) is 19.7. The molecule has 3 N–H and O–H groups in total. The van der Waals surface area contributed by atoms with Gasteiger partial charge in [-0.25, -0.2) is 13.2 Å². The number of nitrogens with one attached hydrogen (secondary N) is 2. The second-order valence-corrected chi connectivity index (χ2v) is 10.4. The molecule has 0 radical (unpaired) electrons. The van der Waals surface area contributed by atoms with Gasteiger partial charge in [-0.3, -0.25) is 9.59 Å². The lowest BCUT2D eigenvalue weighted by molar-refractivity contribution is -0.141. The van der Waals surface area contributed by atoms with Crippen molar-refractivity contribution in [2.24, 2.45) is 0 Å². The number of benzene rings is 2. The van der Waals surface area contributed by atoms with Gasteiger partial charge in [-0.1, -0.05) is 36.2 Å². The number of hydrogen-bond acceptors (Lipinski definition) is 7. The monoisotopic (exact) mass is 522 g/mol. The Morgan fingerprint density at radius 3 is 2.26 bits per heavy atom. The summed E-state index contributed by atoms with van der Waals surface area (Å²) in [5, 5.41) is 13.6. The summed E-state index contributed by atoms with van der Waals surface area (Å²) in [5.41, 5.74) is 0.752. The predicted octanol–water partition coefficient (Wildman–Crippen LogP) is 3.99. The summed E-state index contributed by atoms with van der Waals surface area (Å²) in [4.78, 5) is 36.4. The van der Waals surface area contributed by atoms with Crippen molar-refractivity contribution in [2.45, 2.75) is 50.4 Å². The largest absolute Gasteiger partial charge is 0.506 e. The van der Waals surface area contributed by atoms with E-state index >= 15 is 0 Å². The summed E-state index contributed by atoms with van der Waals surface area (Å²) in [5.74, 6) is -2.70. The minimum atomic E-state index is -3.98. The van der Waals surface area contributed by atoms with Gasteiger partial charge in [0.15, 0.2) is 9.84 Å². The lowest BCUT2D eigenvalue weighted by Crippen LogP contribution is -2.34.